The Morgan fingerprint density at radius 2 is 1.91 bits per heavy atom. The fourth-order valence-electron chi connectivity index (χ4n) is 2.07. The quantitative estimate of drug-likeness (QED) is 0.833. The average molecular weight is 310 g/mol. The van der Waals surface area contributed by atoms with Crippen molar-refractivity contribution in [3.63, 3.8) is 0 Å². The van der Waals surface area contributed by atoms with Gasteiger partial charge in [0, 0.05) is 0 Å². The Balaban J connectivity index is 1.89. The Hall–Kier alpha value is -2.53. The molecule has 1 saturated heterocycles. The van der Waals surface area contributed by atoms with Gasteiger partial charge in [-0.25, -0.2) is 4.99 Å². The molecule has 1 amide bonds. The van der Waals surface area contributed by atoms with E-state index in [2.05, 4.69) is 10.3 Å². The summed E-state index contributed by atoms with van der Waals surface area (Å²) in [7, 11) is 0. The minimum atomic E-state index is -0.180. The molecule has 22 heavy (non-hydrogen) atoms. The van der Waals surface area contributed by atoms with Crippen LogP contribution in [0.15, 0.2) is 58.4 Å². The molecule has 0 saturated carbocycles. The summed E-state index contributed by atoms with van der Waals surface area (Å²) in [6, 6.07) is 14.8. The molecule has 5 heteroatoms. The van der Waals surface area contributed by atoms with E-state index in [9.17, 15) is 9.90 Å². The molecule has 1 heterocycles. The number of para-hydroxylation sites is 1. The van der Waals surface area contributed by atoms with Crippen LogP contribution in [0.4, 0.5) is 5.69 Å². The number of phenols is 1. The third-order valence-corrected chi connectivity index (χ3v) is 4.09. The molecular formula is C17H14N2O2S. The molecule has 4 nitrogen and oxygen atoms in total. The lowest BCUT2D eigenvalue weighted by atomic mass is 10.2. The van der Waals surface area contributed by atoms with Crippen LogP contribution >= 0.6 is 11.8 Å². The molecule has 0 bridgehead atoms. The highest BCUT2D eigenvalue weighted by atomic mass is 32.2. The van der Waals surface area contributed by atoms with E-state index >= 15 is 0 Å². The Kier molecular flexibility index (Phi) is 3.98. The summed E-state index contributed by atoms with van der Waals surface area (Å²) in [5, 5.41) is 13.1. The number of aryl methyl sites for hydroxylation is 1. The van der Waals surface area contributed by atoms with E-state index < -0.39 is 0 Å². The number of phenolic OH excluding ortho intramolecular Hbond substituents is 1. The molecule has 0 atom stereocenters. The minimum absolute atomic E-state index is 0.0998. The number of hydrogen-bond acceptors (Lipinski definition) is 4. The van der Waals surface area contributed by atoms with Crippen LogP contribution in [-0.2, 0) is 4.79 Å². The van der Waals surface area contributed by atoms with Crippen molar-refractivity contribution in [2.75, 3.05) is 0 Å². The van der Waals surface area contributed by atoms with Gasteiger partial charge in [0.2, 0.25) is 0 Å². The number of aliphatic imine (C=N–C) groups is 1. The molecule has 3 rings (SSSR count). The molecule has 110 valence electrons. The van der Waals surface area contributed by atoms with Gasteiger partial charge in [0.05, 0.1) is 4.91 Å². The minimum Gasteiger partial charge on any atom is -0.506 e. The van der Waals surface area contributed by atoms with E-state index in [1.807, 2.05) is 49.4 Å². The maximum absolute atomic E-state index is 12.0. The number of thioether (sulfide) groups is 1. The fraction of sp³-hybridized carbons (Fsp3) is 0.0588. The van der Waals surface area contributed by atoms with E-state index in [1.54, 1.807) is 12.1 Å². The third-order valence-electron chi connectivity index (χ3n) is 3.18. The van der Waals surface area contributed by atoms with Gasteiger partial charge in [-0.15, -0.1) is 0 Å². The lowest BCUT2D eigenvalue weighted by Gasteiger charge is -2.03. The van der Waals surface area contributed by atoms with Crippen LogP contribution in [0.3, 0.4) is 0 Å². The summed E-state index contributed by atoms with van der Waals surface area (Å²) < 4.78 is 0. The number of amidine groups is 1. The number of carbonyl (C=O) groups excluding carboxylic acids is 1. The standard InChI is InChI=1S/C17H14N2O2S/c1-11-6-5-9-13(20)15(11)18-17-19-16(21)14(22-17)10-12-7-3-2-4-8-12/h2-10,20H,1H3,(H,18,19,21)/b14-10-. The van der Waals surface area contributed by atoms with Crippen LogP contribution in [0.5, 0.6) is 5.75 Å². The molecule has 2 N–H and O–H groups in total. The zero-order chi connectivity index (χ0) is 15.5. The Morgan fingerprint density at radius 1 is 1.14 bits per heavy atom. The van der Waals surface area contributed by atoms with Crippen LogP contribution in [0, 0.1) is 6.92 Å². The number of aromatic hydroxyl groups is 1. The van der Waals surface area contributed by atoms with Crippen molar-refractivity contribution in [1.29, 1.82) is 0 Å². The molecule has 0 radical (unpaired) electrons. The van der Waals surface area contributed by atoms with Gasteiger partial charge in [-0.05, 0) is 42.0 Å². The largest absolute Gasteiger partial charge is 0.506 e. The van der Waals surface area contributed by atoms with Gasteiger partial charge in [-0.2, -0.15) is 0 Å². The van der Waals surface area contributed by atoms with Crippen LogP contribution in [0.1, 0.15) is 11.1 Å². The lowest BCUT2D eigenvalue weighted by Crippen LogP contribution is -2.19. The summed E-state index contributed by atoms with van der Waals surface area (Å²) in [6.07, 6.45) is 1.82. The van der Waals surface area contributed by atoms with Crippen LogP contribution < -0.4 is 5.32 Å². The summed E-state index contributed by atoms with van der Waals surface area (Å²) in [4.78, 5) is 16.9. The van der Waals surface area contributed by atoms with Gasteiger partial charge in [-0.3, -0.25) is 4.79 Å². The third kappa shape index (κ3) is 3.04. The van der Waals surface area contributed by atoms with Crippen molar-refractivity contribution in [3.8, 4) is 5.75 Å². The molecular weight excluding hydrogens is 296 g/mol. The van der Waals surface area contributed by atoms with E-state index in [0.717, 1.165) is 11.1 Å². The Labute approximate surface area is 132 Å². The average Bonchev–Trinajstić information content (AvgIpc) is 2.84. The van der Waals surface area contributed by atoms with Crippen LogP contribution in [0.2, 0.25) is 0 Å². The number of rotatable bonds is 2. The maximum atomic E-state index is 12.0. The Bertz CT molecular complexity index is 762. The van der Waals surface area contributed by atoms with Crippen molar-refractivity contribution in [3.05, 3.63) is 64.6 Å². The predicted molar refractivity (Wildman–Crippen MR) is 90.1 cm³/mol. The maximum Gasteiger partial charge on any atom is 0.264 e. The number of hydrogen-bond donors (Lipinski definition) is 2. The highest BCUT2D eigenvalue weighted by Gasteiger charge is 2.24. The number of benzene rings is 2. The summed E-state index contributed by atoms with van der Waals surface area (Å²) in [5.41, 5.74) is 2.29. The van der Waals surface area contributed by atoms with E-state index in [0.29, 0.717) is 15.8 Å². The monoisotopic (exact) mass is 310 g/mol. The molecule has 2 aromatic carbocycles. The van der Waals surface area contributed by atoms with E-state index in [4.69, 9.17) is 0 Å². The first-order chi connectivity index (χ1) is 10.6. The Morgan fingerprint density at radius 3 is 2.64 bits per heavy atom. The summed E-state index contributed by atoms with van der Waals surface area (Å²) in [5.74, 6) is -0.0801. The topological polar surface area (TPSA) is 61.7 Å². The zero-order valence-corrected chi connectivity index (χ0v) is 12.7. The van der Waals surface area contributed by atoms with Crippen LogP contribution in [0.25, 0.3) is 6.08 Å². The molecule has 1 aliphatic heterocycles. The molecule has 1 aliphatic rings. The lowest BCUT2D eigenvalue weighted by molar-refractivity contribution is -0.115. The molecule has 2 aromatic rings. The van der Waals surface area contributed by atoms with Crippen molar-refractivity contribution >= 4 is 34.6 Å². The second-order valence-electron chi connectivity index (χ2n) is 4.84. The SMILES string of the molecule is Cc1cccc(O)c1N=C1NC(=O)/C(=C/c2ccccc2)S1. The van der Waals surface area contributed by atoms with Gasteiger partial charge in [-0.1, -0.05) is 42.5 Å². The first-order valence-electron chi connectivity index (χ1n) is 6.77. The zero-order valence-electron chi connectivity index (χ0n) is 11.9. The number of amides is 1. The second-order valence-corrected chi connectivity index (χ2v) is 5.87. The molecule has 1 fully saturated rings. The van der Waals surface area contributed by atoms with Crippen LogP contribution in [-0.4, -0.2) is 16.2 Å². The van der Waals surface area contributed by atoms with Crippen molar-refractivity contribution in [2.24, 2.45) is 4.99 Å². The highest BCUT2D eigenvalue weighted by molar-refractivity contribution is 8.18. The number of nitrogens with one attached hydrogen (secondary N) is 1. The van der Waals surface area contributed by atoms with Crippen molar-refractivity contribution in [2.45, 2.75) is 6.92 Å². The summed E-state index contributed by atoms with van der Waals surface area (Å²) >= 11 is 1.27. The number of carbonyl (C=O) groups is 1. The number of nitrogens with zero attached hydrogens (tertiary/aromatic N) is 1. The van der Waals surface area contributed by atoms with Crippen molar-refractivity contribution in [1.82, 2.24) is 5.32 Å². The first kappa shape index (κ1) is 14.4. The fourth-order valence-corrected chi connectivity index (χ4v) is 2.90. The first-order valence-corrected chi connectivity index (χ1v) is 7.58. The van der Waals surface area contributed by atoms with E-state index in [1.165, 1.54) is 11.8 Å². The van der Waals surface area contributed by atoms with Gasteiger partial charge in [0.25, 0.3) is 5.91 Å². The molecule has 0 unspecified atom stereocenters. The normalized spacial score (nSPS) is 18.0. The molecule has 0 aromatic heterocycles. The van der Waals surface area contributed by atoms with E-state index in [-0.39, 0.29) is 11.7 Å². The van der Waals surface area contributed by atoms with Crippen molar-refractivity contribution < 1.29 is 9.90 Å². The van der Waals surface area contributed by atoms with Gasteiger partial charge < -0.3 is 10.4 Å². The van der Waals surface area contributed by atoms with Gasteiger partial charge in [0.1, 0.15) is 11.4 Å². The van der Waals surface area contributed by atoms with Gasteiger partial charge in [0.15, 0.2) is 5.17 Å². The second kappa shape index (κ2) is 6.07. The summed E-state index contributed by atoms with van der Waals surface area (Å²) in [6.45, 7) is 1.86. The predicted octanol–water partition coefficient (Wildman–Crippen LogP) is 3.59. The molecule has 0 spiro atoms. The highest BCUT2D eigenvalue weighted by Crippen LogP contribution is 2.33. The smallest absolute Gasteiger partial charge is 0.264 e. The molecule has 0 aliphatic carbocycles. The van der Waals surface area contributed by atoms with Gasteiger partial charge >= 0.3 is 0 Å².